The summed E-state index contributed by atoms with van der Waals surface area (Å²) in [6, 6.07) is 10.5. The Morgan fingerprint density at radius 1 is 1.00 bits per heavy atom. The van der Waals surface area contributed by atoms with Crippen LogP contribution in [0.15, 0.2) is 48.8 Å². The molecular formula is C23H28FN3O3. The first-order valence-electron chi connectivity index (χ1n) is 10.6. The molecule has 2 aromatic rings. The minimum atomic E-state index is -0.444. The van der Waals surface area contributed by atoms with E-state index in [2.05, 4.69) is 9.88 Å². The highest BCUT2D eigenvalue weighted by Gasteiger charge is 2.30. The normalized spacial score (nSPS) is 18.9. The number of benzene rings is 1. The van der Waals surface area contributed by atoms with Crippen LogP contribution in [-0.2, 0) is 4.79 Å². The average molecular weight is 413 g/mol. The quantitative estimate of drug-likeness (QED) is 0.728. The molecule has 0 unspecified atom stereocenters. The summed E-state index contributed by atoms with van der Waals surface area (Å²) in [5.74, 6) is 0.479. The molecule has 1 aromatic heterocycles. The monoisotopic (exact) mass is 413 g/mol. The molecule has 2 aliphatic rings. The van der Waals surface area contributed by atoms with Crippen LogP contribution in [0.5, 0.6) is 11.5 Å². The van der Waals surface area contributed by atoms with Crippen molar-refractivity contribution in [3.05, 3.63) is 54.6 Å². The Morgan fingerprint density at radius 2 is 1.70 bits per heavy atom. The Morgan fingerprint density at radius 3 is 2.40 bits per heavy atom. The lowest BCUT2D eigenvalue weighted by Gasteiger charge is -2.41. The van der Waals surface area contributed by atoms with Gasteiger partial charge >= 0.3 is 0 Å². The highest BCUT2D eigenvalue weighted by Crippen LogP contribution is 2.24. The molecule has 6 nitrogen and oxygen atoms in total. The van der Waals surface area contributed by atoms with E-state index in [1.807, 2.05) is 17.0 Å². The molecule has 160 valence electrons. The molecular weight excluding hydrogens is 385 g/mol. The summed E-state index contributed by atoms with van der Waals surface area (Å²) in [5, 5.41) is 0. The molecule has 1 aromatic carbocycles. The third-order valence-corrected chi connectivity index (χ3v) is 5.95. The van der Waals surface area contributed by atoms with Gasteiger partial charge in [-0.3, -0.25) is 14.7 Å². The van der Waals surface area contributed by atoms with Crippen LogP contribution >= 0.6 is 0 Å². The molecule has 0 spiro atoms. The van der Waals surface area contributed by atoms with Gasteiger partial charge in [0.25, 0.3) is 5.91 Å². The smallest absolute Gasteiger partial charge is 0.260 e. The minimum absolute atomic E-state index is 0.0823. The highest BCUT2D eigenvalue weighted by atomic mass is 19.1. The van der Waals surface area contributed by atoms with Crippen molar-refractivity contribution in [2.45, 2.75) is 37.8 Å². The van der Waals surface area contributed by atoms with Gasteiger partial charge in [0.05, 0.1) is 0 Å². The van der Waals surface area contributed by atoms with Crippen molar-refractivity contribution in [1.82, 2.24) is 14.8 Å². The Balaban J connectivity index is 1.18. The Kier molecular flexibility index (Phi) is 6.79. The maximum Gasteiger partial charge on any atom is 0.260 e. The highest BCUT2D eigenvalue weighted by molar-refractivity contribution is 5.77. The Labute approximate surface area is 176 Å². The lowest BCUT2D eigenvalue weighted by Crippen LogP contribution is -2.50. The van der Waals surface area contributed by atoms with E-state index < -0.39 is 5.82 Å². The van der Waals surface area contributed by atoms with Gasteiger partial charge in [0.2, 0.25) is 0 Å². The van der Waals surface area contributed by atoms with Crippen LogP contribution in [0.1, 0.15) is 25.7 Å². The van der Waals surface area contributed by atoms with Crippen LogP contribution in [0.4, 0.5) is 4.39 Å². The summed E-state index contributed by atoms with van der Waals surface area (Å²) in [6.45, 7) is 3.36. The fourth-order valence-corrected chi connectivity index (χ4v) is 4.24. The number of para-hydroxylation sites is 1. The molecule has 0 bridgehead atoms. The van der Waals surface area contributed by atoms with Gasteiger partial charge in [-0.05, 0) is 49.9 Å². The molecule has 0 saturated carbocycles. The van der Waals surface area contributed by atoms with E-state index >= 15 is 0 Å². The van der Waals surface area contributed by atoms with Crippen molar-refractivity contribution >= 4 is 5.91 Å². The number of hydrogen-bond acceptors (Lipinski definition) is 5. The largest absolute Gasteiger partial charge is 0.490 e. The molecule has 7 heteroatoms. The first-order chi connectivity index (χ1) is 14.7. The number of nitrogens with zero attached hydrogens (tertiary/aromatic N) is 3. The number of hydrogen-bond donors (Lipinski definition) is 0. The SMILES string of the molecule is O=C(COc1ccccc1F)N1CCC(N2CCC(Oc3ccncc3)CC2)CC1. The van der Waals surface area contributed by atoms with Crippen molar-refractivity contribution in [3.8, 4) is 11.5 Å². The summed E-state index contributed by atoms with van der Waals surface area (Å²) >= 11 is 0. The third-order valence-electron chi connectivity index (χ3n) is 5.95. The number of rotatable bonds is 6. The maximum atomic E-state index is 13.6. The predicted molar refractivity (Wildman–Crippen MR) is 111 cm³/mol. The second-order valence-electron chi connectivity index (χ2n) is 7.87. The number of piperidine rings is 2. The van der Waals surface area contributed by atoms with Crippen LogP contribution in [0.3, 0.4) is 0 Å². The van der Waals surface area contributed by atoms with E-state index in [1.54, 1.807) is 24.5 Å². The van der Waals surface area contributed by atoms with Crippen molar-refractivity contribution in [3.63, 3.8) is 0 Å². The van der Waals surface area contributed by atoms with Gasteiger partial charge < -0.3 is 14.4 Å². The van der Waals surface area contributed by atoms with Gasteiger partial charge in [-0.25, -0.2) is 4.39 Å². The molecule has 4 rings (SSSR count). The molecule has 0 radical (unpaired) electrons. The van der Waals surface area contributed by atoms with Crippen LogP contribution in [0, 0.1) is 5.82 Å². The van der Waals surface area contributed by atoms with Gasteiger partial charge in [0.15, 0.2) is 18.2 Å². The standard InChI is InChI=1S/C23H28FN3O3/c24-21-3-1-2-4-22(21)29-17-23(28)27-13-7-18(8-14-27)26-15-9-20(10-16-26)30-19-5-11-25-12-6-19/h1-6,11-12,18,20H,7-10,13-17H2. The topological polar surface area (TPSA) is 54.9 Å². The zero-order valence-corrected chi connectivity index (χ0v) is 17.1. The fourth-order valence-electron chi connectivity index (χ4n) is 4.24. The number of aromatic nitrogens is 1. The molecule has 30 heavy (non-hydrogen) atoms. The fraction of sp³-hybridized carbons (Fsp3) is 0.478. The zero-order valence-electron chi connectivity index (χ0n) is 17.1. The zero-order chi connectivity index (χ0) is 20.8. The van der Waals surface area contributed by atoms with E-state index in [1.165, 1.54) is 12.1 Å². The molecule has 0 N–H and O–H groups in total. The number of ether oxygens (including phenoxy) is 2. The number of carbonyl (C=O) groups excluding carboxylic acids is 1. The van der Waals surface area contributed by atoms with Crippen LogP contribution < -0.4 is 9.47 Å². The van der Waals surface area contributed by atoms with E-state index in [-0.39, 0.29) is 24.4 Å². The van der Waals surface area contributed by atoms with Gasteiger partial charge in [-0.2, -0.15) is 0 Å². The second kappa shape index (κ2) is 9.89. The molecule has 3 heterocycles. The van der Waals surface area contributed by atoms with Crippen LogP contribution in [0.25, 0.3) is 0 Å². The Bertz CT molecular complexity index is 819. The third kappa shape index (κ3) is 5.27. The molecule has 0 aliphatic carbocycles. The molecule has 0 atom stereocenters. The molecule has 2 saturated heterocycles. The summed E-state index contributed by atoms with van der Waals surface area (Å²) in [5.41, 5.74) is 0. The predicted octanol–water partition coefficient (Wildman–Crippen LogP) is 3.13. The number of halogens is 1. The van der Waals surface area contributed by atoms with Gasteiger partial charge in [0, 0.05) is 44.6 Å². The van der Waals surface area contributed by atoms with E-state index in [9.17, 15) is 9.18 Å². The van der Waals surface area contributed by atoms with Crippen molar-refractivity contribution < 1.29 is 18.7 Å². The van der Waals surface area contributed by atoms with E-state index in [4.69, 9.17) is 9.47 Å². The number of carbonyl (C=O) groups is 1. The van der Waals surface area contributed by atoms with Crippen LogP contribution in [-0.4, -0.2) is 65.6 Å². The van der Waals surface area contributed by atoms with E-state index in [0.29, 0.717) is 6.04 Å². The van der Waals surface area contributed by atoms with Crippen molar-refractivity contribution in [2.24, 2.45) is 0 Å². The van der Waals surface area contributed by atoms with E-state index in [0.717, 1.165) is 57.6 Å². The van der Waals surface area contributed by atoms with Gasteiger partial charge in [-0.15, -0.1) is 0 Å². The molecule has 2 aliphatic heterocycles. The van der Waals surface area contributed by atoms with Gasteiger partial charge in [0.1, 0.15) is 11.9 Å². The van der Waals surface area contributed by atoms with Crippen molar-refractivity contribution in [1.29, 1.82) is 0 Å². The first-order valence-corrected chi connectivity index (χ1v) is 10.6. The summed E-state index contributed by atoms with van der Waals surface area (Å²) in [6.07, 6.45) is 7.70. The first kappa shape index (κ1) is 20.6. The Hall–Kier alpha value is -2.67. The molecule has 1 amide bonds. The number of amides is 1. The number of pyridine rings is 1. The summed E-state index contributed by atoms with van der Waals surface area (Å²) < 4.78 is 25.0. The van der Waals surface area contributed by atoms with Gasteiger partial charge in [-0.1, -0.05) is 12.1 Å². The maximum absolute atomic E-state index is 13.6. The minimum Gasteiger partial charge on any atom is -0.490 e. The number of likely N-dealkylation sites (tertiary alicyclic amines) is 2. The molecule has 2 fully saturated rings. The lowest BCUT2D eigenvalue weighted by molar-refractivity contribution is -0.135. The van der Waals surface area contributed by atoms with Crippen molar-refractivity contribution in [2.75, 3.05) is 32.8 Å². The second-order valence-corrected chi connectivity index (χ2v) is 7.87. The average Bonchev–Trinajstić information content (AvgIpc) is 2.80. The summed E-state index contributed by atoms with van der Waals surface area (Å²) in [7, 11) is 0. The van der Waals surface area contributed by atoms with Crippen LogP contribution in [0.2, 0.25) is 0 Å². The lowest BCUT2D eigenvalue weighted by atomic mass is 9.99. The summed E-state index contributed by atoms with van der Waals surface area (Å²) in [4.78, 5) is 20.8.